The number of nitrogens with one attached hydrogen (secondary N) is 1. The van der Waals surface area contributed by atoms with E-state index in [-0.39, 0.29) is 18.3 Å². The maximum Gasteiger partial charge on any atom is 0.407 e. The van der Waals surface area contributed by atoms with Crippen molar-refractivity contribution in [3.63, 3.8) is 0 Å². The molecule has 3 rings (SSSR count). The lowest BCUT2D eigenvalue weighted by Crippen LogP contribution is -2.43. The van der Waals surface area contributed by atoms with Gasteiger partial charge in [0.15, 0.2) is 0 Å². The number of fused-ring (bicyclic) bond motifs is 3. The molecule has 0 aromatic heterocycles. The summed E-state index contributed by atoms with van der Waals surface area (Å²) in [5.74, 6) is -0.725. The second kappa shape index (κ2) is 10.1. The van der Waals surface area contributed by atoms with Gasteiger partial charge in [0.2, 0.25) is 0 Å². The van der Waals surface area contributed by atoms with Crippen molar-refractivity contribution >= 4 is 47.0 Å². The van der Waals surface area contributed by atoms with Crippen molar-refractivity contribution in [2.75, 3.05) is 18.1 Å². The zero-order chi connectivity index (χ0) is 20.8. The minimum absolute atomic E-state index is 0.0848. The van der Waals surface area contributed by atoms with Crippen LogP contribution in [0.5, 0.6) is 0 Å². The van der Waals surface area contributed by atoms with Gasteiger partial charge in [0.1, 0.15) is 12.6 Å². The molecule has 152 valence electrons. The average Bonchev–Trinajstić information content (AvgIpc) is 3.05. The number of ether oxygens (including phenoxy) is 1. The number of hydrogen-bond donors (Lipinski definition) is 2. The Morgan fingerprint density at radius 3 is 2.28 bits per heavy atom. The predicted octanol–water partition coefficient (Wildman–Crippen LogP) is 5.03. The van der Waals surface area contributed by atoms with Crippen LogP contribution in [0.3, 0.4) is 0 Å². The Morgan fingerprint density at radius 1 is 1.14 bits per heavy atom. The molecule has 2 aromatic rings. The van der Waals surface area contributed by atoms with Crippen molar-refractivity contribution < 1.29 is 19.4 Å². The van der Waals surface area contributed by atoms with Crippen molar-refractivity contribution in [2.45, 2.75) is 12.0 Å². The van der Waals surface area contributed by atoms with Gasteiger partial charge in [-0.1, -0.05) is 71.7 Å². The summed E-state index contributed by atoms with van der Waals surface area (Å²) in [6.07, 6.45) is -0.765. The Kier molecular flexibility index (Phi) is 7.47. The third-order valence-electron chi connectivity index (χ3n) is 4.58. The number of benzene rings is 2. The largest absolute Gasteiger partial charge is 0.480 e. The second-order valence-electron chi connectivity index (χ2n) is 6.43. The highest BCUT2D eigenvalue weighted by molar-refractivity contribution is 7.99. The van der Waals surface area contributed by atoms with Crippen LogP contribution >= 0.6 is 35.0 Å². The topological polar surface area (TPSA) is 75.6 Å². The Labute approximate surface area is 183 Å². The molecule has 0 bridgehead atoms. The van der Waals surface area contributed by atoms with Gasteiger partial charge in [-0.3, -0.25) is 0 Å². The smallest absolute Gasteiger partial charge is 0.407 e. The Balaban J connectivity index is 1.60. The van der Waals surface area contributed by atoms with E-state index in [2.05, 4.69) is 5.32 Å². The molecule has 1 amide bonds. The summed E-state index contributed by atoms with van der Waals surface area (Å²) in [5, 5.41) is 12.1. The van der Waals surface area contributed by atoms with Gasteiger partial charge in [-0.25, -0.2) is 9.59 Å². The molecule has 8 heteroatoms. The Hall–Kier alpha value is -2.15. The normalized spacial score (nSPS) is 14.1. The first kappa shape index (κ1) is 21.6. The third kappa shape index (κ3) is 5.26. The molecule has 1 atom stereocenters. The maximum atomic E-state index is 12.2. The highest BCUT2D eigenvalue weighted by Crippen LogP contribution is 2.44. The molecule has 0 radical (unpaired) electrons. The van der Waals surface area contributed by atoms with Gasteiger partial charge in [0.05, 0.1) is 0 Å². The monoisotopic (exact) mass is 451 g/mol. The molecule has 0 saturated carbocycles. The first-order chi connectivity index (χ1) is 14.0. The van der Waals surface area contributed by atoms with Crippen LogP contribution in [0.2, 0.25) is 0 Å². The van der Waals surface area contributed by atoms with Crippen LogP contribution in [0.4, 0.5) is 4.79 Å². The molecule has 5 nitrogen and oxygen atoms in total. The lowest BCUT2D eigenvalue weighted by atomic mass is 9.98. The summed E-state index contributed by atoms with van der Waals surface area (Å²) in [4.78, 5) is 23.6. The number of thioether (sulfide) groups is 1. The summed E-state index contributed by atoms with van der Waals surface area (Å²) >= 11 is 12.5. The van der Waals surface area contributed by atoms with Crippen molar-refractivity contribution in [1.82, 2.24) is 5.32 Å². The van der Waals surface area contributed by atoms with E-state index >= 15 is 0 Å². The fraction of sp³-hybridized carbons (Fsp3) is 0.238. The van der Waals surface area contributed by atoms with Gasteiger partial charge in [-0.15, -0.1) is 0 Å². The van der Waals surface area contributed by atoms with Gasteiger partial charge in [0, 0.05) is 28.0 Å². The molecule has 1 aliphatic rings. The molecular weight excluding hydrogens is 433 g/mol. The molecule has 0 fully saturated rings. The number of amides is 1. The lowest BCUT2D eigenvalue weighted by Gasteiger charge is -2.17. The molecule has 2 aromatic carbocycles. The summed E-state index contributed by atoms with van der Waals surface area (Å²) < 4.78 is 5.39. The predicted molar refractivity (Wildman–Crippen MR) is 117 cm³/mol. The van der Waals surface area contributed by atoms with Crippen LogP contribution in [-0.2, 0) is 9.53 Å². The maximum absolute atomic E-state index is 12.2. The van der Waals surface area contributed by atoms with Crippen molar-refractivity contribution in [3.05, 3.63) is 70.2 Å². The van der Waals surface area contributed by atoms with Crippen LogP contribution < -0.4 is 5.32 Å². The Bertz CT molecular complexity index is 889. The van der Waals surface area contributed by atoms with Crippen LogP contribution in [0, 0.1) is 0 Å². The van der Waals surface area contributed by atoms with E-state index in [1.807, 2.05) is 48.5 Å². The lowest BCUT2D eigenvalue weighted by molar-refractivity contribution is -0.138. The van der Waals surface area contributed by atoms with Crippen LogP contribution in [0.15, 0.2) is 59.1 Å². The summed E-state index contributed by atoms with van der Waals surface area (Å²) in [6.45, 7) is 0.125. The van der Waals surface area contributed by atoms with Gasteiger partial charge in [-0.2, -0.15) is 11.8 Å². The van der Waals surface area contributed by atoms with E-state index in [4.69, 9.17) is 27.9 Å². The number of hydrogen-bond acceptors (Lipinski definition) is 4. The van der Waals surface area contributed by atoms with Crippen molar-refractivity contribution in [2.24, 2.45) is 0 Å². The molecule has 1 unspecified atom stereocenters. The van der Waals surface area contributed by atoms with Crippen LogP contribution in [0.1, 0.15) is 17.0 Å². The fourth-order valence-corrected chi connectivity index (χ4v) is 4.52. The second-order valence-corrected chi connectivity index (χ2v) is 8.17. The number of rotatable bonds is 8. The van der Waals surface area contributed by atoms with Crippen LogP contribution in [0.25, 0.3) is 11.1 Å². The van der Waals surface area contributed by atoms with Gasteiger partial charge < -0.3 is 15.2 Å². The molecule has 1 aliphatic carbocycles. The number of alkyl carbamates (subject to hydrolysis) is 1. The molecule has 0 heterocycles. The van der Waals surface area contributed by atoms with E-state index in [1.165, 1.54) is 17.3 Å². The van der Waals surface area contributed by atoms with E-state index < -0.39 is 18.1 Å². The minimum atomic E-state index is -1.14. The zero-order valence-electron chi connectivity index (χ0n) is 15.3. The average molecular weight is 452 g/mol. The van der Waals surface area contributed by atoms with Gasteiger partial charge in [-0.05, 0) is 22.3 Å². The SMILES string of the molecule is O=C(NC(CSC/C(Cl)=C/Cl)C(=O)O)OCC1c2ccccc2-c2ccccc21. The third-order valence-corrected chi connectivity index (χ3v) is 6.44. The van der Waals surface area contributed by atoms with E-state index in [0.29, 0.717) is 10.8 Å². The van der Waals surface area contributed by atoms with E-state index in [9.17, 15) is 14.7 Å². The van der Waals surface area contributed by atoms with Crippen molar-refractivity contribution in [3.8, 4) is 11.1 Å². The van der Waals surface area contributed by atoms with E-state index in [1.54, 1.807) is 0 Å². The number of carboxylic acids is 1. The number of carbonyl (C=O) groups excluding carboxylic acids is 1. The minimum Gasteiger partial charge on any atom is -0.480 e. The molecule has 29 heavy (non-hydrogen) atoms. The summed E-state index contributed by atoms with van der Waals surface area (Å²) in [7, 11) is 0. The number of carboxylic acid groups (broad SMARTS) is 1. The standard InChI is InChI=1S/C21H19Cl2NO4S/c22-9-13(23)11-29-12-19(20(25)26)24-21(27)28-10-18-16-7-3-1-5-14(16)15-6-2-4-8-17(15)18/h1-9,18-19H,10-12H2,(H,24,27)(H,25,26)/b13-9-. The fourth-order valence-electron chi connectivity index (χ4n) is 3.26. The molecular formula is C21H19Cl2NO4S. The number of carbonyl (C=O) groups is 2. The first-order valence-corrected chi connectivity index (χ1v) is 10.8. The van der Waals surface area contributed by atoms with E-state index in [0.717, 1.165) is 22.3 Å². The highest BCUT2D eigenvalue weighted by atomic mass is 35.5. The Morgan fingerprint density at radius 2 is 1.72 bits per heavy atom. The molecule has 0 aliphatic heterocycles. The summed E-state index contributed by atoms with van der Waals surface area (Å²) in [6, 6.07) is 14.9. The summed E-state index contributed by atoms with van der Waals surface area (Å²) in [5.41, 5.74) is 5.66. The molecule has 0 spiro atoms. The van der Waals surface area contributed by atoms with Crippen molar-refractivity contribution in [1.29, 1.82) is 0 Å². The van der Waals surface area contributed by atoms with Crippen LogP contribution in [-0.4, -0.2) is 41.3 Å². The zero-order valence-corrected chi connectivity index (χ0v) is 17.6. The molecule has 2 N–H and O–H groups in total. The number of aliphatic carboxylic acids is 1. The van der Waals surface area contributed by atoms with Gasteiger partial charge >= 0.3 is 12.1 Å². The quantitative estimate of drug-likeness (QED) is 0.588. The first-order valence-electron chi connectivity index (χ1n) is 8.88. The number of halogens is 2. The molecule has 0 saturated heterocycles. The van der Waals surface area contributed by atoms with Gasteiger partial charge in [0.25, 0.3) is 0 Å². The highest BCUT2D eigenvalue weighted by Gasteiger charge is 2.29.